The van der Waals surface area contributed by atoms with Crippen LogP contribution < -0.4 is 4.90 Å². The highest BCUT2D eigenvalue weighted by atomic mass is 19.1. The average molecular weight is 289 g/mol. The number of aliphatic carboxylic acids is 1. The molecule has 0 unspecified atom stereocenters. The van der Waals surface area contributed by atoms with E-state index in [1.54, 1.807) is 12.3 Å². The van der Waals surface area contributed by atoms with Crippen LogP contribution in [0.5, 0.6) is 0 Å². The normalized spacial score (nSPS) is 16.3. The van der Waals surface area contributed by atoms with Crippen molar-refractivity contribution in [1.82, 2.24) is 9.97 Å². The van der Waals surface area contributed by atoms with Crippen molar-refractivity contribution in [2.45, 2.75) is 19.3 Å². The summed E-state index contributed by atoms with van der Waals surface area (Å²) in [6, 6.07) is 4.45. The van der Waals surface area contributed by atoms with Gasteiger partial charge in [-0.15, -0.1) is 0 Å². The van der Waals surface area contributed by atoms with Gasteiger partial charge in [0.05, 0.1) is 5.52 Å². The molecule has 0 atom stereocenters. The zero-order chi connectivity index (χ0) is 14.8. The number of benzene rings is 1. The molecule has 0 amide bonds. The summed E-state index contributed by atoms with van der Waals surface area (Å²) in [6.07, 6.45) is 3.52. The van der Waals surface area contributed by atoms with Gasteiger partial charge in [0.2, 0.25) is 5.95 Å². The summed E-state index contributed by atoms with van der Waals surface area (Å²) in [5.41, 5.74) is 0.717. The van der Waals surface area contributed by atoms with Gasteiger partial charge in [-0.05, 0) is 37.0 Å². The number of aromatic nitrogens is 2. The summed E-state index contributed by atoms with van der Waals surface area (Å²) in [6.45, 7) is 1.51. The molecule has 1 aromatic carbocycles. The number of halogens is 1. The van der Waals surface area contributed by atoms with Crippen molar-refractivity contribution in [1.29, 1.82) is 0 Å². The van der Waals surface area contributed by atoms with Crippen LogP contribution in [0, 0.1) is 11.7 Å². The van der Waals surface area contributed by atoms with E-state index in [0.29, 0.717) is 16.9 Å². The number of hydrogen-bond donors (Lipinski definition) is 1. The lowest BCUT2D eigenvalue weighted by Gasteiger charge is -2.31. The van der Waals surface area contributed by atoms with Gasteiger partial charge in [0.1, 0.15) is 5.82 Å². The maximum absolute atomic E-state index is 13.1. The van der Waals surface area contributed by atoms with Gasteiger partial charge in [-0.3, -0.25) is 4.79 Å². The molecule has 1 saturated heterocycles. The van der Waals surface area contributed by atoms with E-state index in [-0.39, 0.29) is 18.2 Å². The number of piperidine rings is 1. The van der Waals surface area contributed by atoms with Gasteiger partial charge in [-0.2, -0.15) is 0 Å². The molecule has 1 N–H and O–H groups in total. The molecule has 0 radical (unpaired) electrons. The van der Waals surface area contributed by atoms with Gasteiger partial charge in [0.15, 0.2) is 0 Å². The topological polar surface area (TPSA) is 66.3 Å². The van der Waals surface area contributed by atoms with Crippen LogP contribution in [0.1, 0.15) is 19.3 Å². The van der Waals surface area contributed by atoms with E-state index in [9.17, 15) is 9.18 Å². The fourth-order valence-electron chi connectivity index (χ4n) is 2.73. The van der Waals surface area contributed by atoms with E-state index in [1.165, 1.54) is 12.1 Å². The molecule has 1 aliphatic heterocycles. The Hall–Kier alpha value is -2.24. The number of nitrogens with zero attached hydrogens (tertiary/aromatic N) is 3. The van der Waals surface area contributed by atoms with E-state index in [4.69, 9.17) is 5.11 Å². The van der Waals surface area contributed by atoms with E-state index in [0.717, 1.165) is 25.9 Å². The Morgan fingerprint density at radius 2 is 2.14 bits per heavy atom. The van der Waals surface area contributed by atoms with Crippen LogP contribution in [-0.2, 0) is 4.79 Å². The molecule has 5 nitrogen and oxygen atoms in total. The van der Waals surface area contributed by atoms with Crippen molar-refractivity contribution in [3.05, 3.63) is 30.2 Å². The first kappa shape index (κ1) is 13.7. The average Bonchev–Trinajstić information content (AvgIpc) is 2.47. The summed E-state index contributed by atoms with van der Waals surface area (Å²) in [7, 11) is 0. The number of rotatable bonds is 3. The van der Waals surface area contributed by atoms with Crippen molar-refractivity contribution in [2.24, 2.45) is 5.92 Å². The molecular formula is C15H16FN3O2. The van der Waals surface area contributed by atoms with Crippen LogP contribution in [0.25, 0.3) is 10.9 Å². The van der Waals surface area contributed by atoms with Crippen molar-refractivity contribution >= 4 is 22.8 Å². The second-order valence-electron chi connectivity index (χ2n) is 5.40. The lowest BCUT2D eigenvalue weighted by molar-refractivity contribution is -0.138. The van der Waals surface area contributed by atoms with Crippen molar-refractivity contribution in [3.63, 3.8) is 0 Å². The van der Waals surface area contributed by atoms with Gasteiger partial charge in [-0.25, -0.2) is 14.4 Å². The number of carbonyl (C=O) groups is 1. The monoisotopic (exact) mass is 289 g/mol. The highest BCUT2D eigenvalue weighted by Crippen LogP contribution is 2.24. The van der Waals surface area contributed by atoms with Gasteiger partial charge in [0, 0.05) is 31.1 Å². The third kappa shape index (κ3) is 3.09. The predicted octanol–water partition coefficient (Wildman–Crippen LogP) is 2.46. The van der Waals surface area contributed by atoms with E-state index < -0.39 is 5.97 Å². The van der Waals surface area contributed by atoms with Crippen molar-refractivity contribution < 1.29 is 14.3 Å². The third-order valence-electron chi connectivity index (χ3n) is 3.89. The SMILES string of the molecule is O=C(O)CC1CCN(c2ncc3cc(F)ccc3n2)CC1. The molecule has 2 aromatic rings. The zero-order valence-electron chi connectivity index (χ0n) is 11.5. The molecule has 21 heavy (non-hydrogen) atoms. The van der Waals surface area contributed by atoms with E-state index in [1.807, 2.05) is 0 Å². The van der Waals surface area contributed by atoms with Crippen LogP contribution in [0.3, 0.4) is 0 Å². The van der Waals surface area contributed by atoms with Crippen LogP contribution in [0.4, 0.5) is 10.3 Å². The summed E-state index contributed by atoms with van der Waals surface area (Å²) < 4.78 is 13.1. The first-order chi connectivity index (χ1) is 10.1. The minimum atomic E-state index is -0.738. The lowest BCUT2D eigenvalue weighted by Crippen LogP contribution is -2.35. The number of carboxylic acid groups (broad SMARTS) is 1. The molecular weight excluding hydrogens is 273 g/mol. The molecule has 0 spiro atoms. The molecule has 3 rings (SSSR count). The number of anilines is 1. The van der Waals surface area contributed by atoms with Crippen molar-refractivity contribution in [3.8, 4) is 0 Å². The quantitative estimate of drug-likeness (QED) is 0.940. The van der Waals surface area contributed by atoms with Gasteiger partial charge < -0.3 is 10.0 Å². The highest BCUT2D eigenvalue weighted by Gasteiger charge is 2.22. The molecule has 0 bridgehead atoms. The molecule has 110 valence electrons. The number of carboxylic acids is 1. The fraction of sp³-hybridized carbons (Fsp3) is 0.400. The minimum absolute atomic E-state index is 0.228. The smallest absolute Gasteiger partial charge is 0.303 e. The minimum Gasteiger partial charge on any atom is -0.481 e. The molecule has 1 fully saturated rings. The predicted molar refractivity (Wildman–Crippen MR) is 76.7 cm³/mol. The van der Waals surface area contributed by atoms with E-state index >= 15 is 0 Å². The van der Waals surface area contributed by atoms with Crippen LogP contribution >= 0.6 is 0 Å². The summed E-state index contributed by atoms with van der Waals surface area (Å²) in [4.78, 5) is 21.5. The molecule has 1 aliphatic rings. The third-order valence-corrected chi connectivity index (χ3v) is 3.89. The van der Waals surface area contributed by atoms with Crippen LogP contribution in [0.15, 0.2) is 24.4 Å². The van der Waals surface area contributed by atoms with E-state index in [2.05, 4.69) is 14.9 Å². The standard InChI is InChI=1S/C15H16FN3O2/c16-12-1-2-13-11(8-12)9-17-15(18-13)19-5-3-10(4-6-19)7-14(20)21/h1-2,8-10H,3-7H2,(H,20,21). The lowest BCUT2D eigenvalue weighted by atomic mass is 9.94. The molecule has 0 saturated carbocycles. The Kier molecular flexibility index (Phi) is 3.68. The van der Waals surface area contributed by atoms with Gasteiger partial charge in [-0.1, -0.05) is 0 Å². The Labute approximate surface area is 121 Å². The fourth-order valence-corrected chi connectivity index (χ4v) is 2.73. The maximum atomic E-state index is 13.1. The first-order valence-corrected chi connectivity index (χ1v) is 7.01. The summed E-state index contributed by atoms with van der Waals surface area (Å²) in [5.74, 6) is -0.179. The zero-order valence-corrected chi connectivity index (χ0v) is 11.5. The van der Waals surface area contributed by atoms with Crippen molar-refractivity contribution in [2.75, 3.05) is 18.0 Å². The molecule has 1 aromatic heterocycles. The number of hydrogen-bond acceptors (Lipinski definition) is 4. The Morgan fingerprint density at radius 3 is 2.86 bits per heavy atom. The molecule has 2 heterocycles. The molecule has 0 aliphatic carbocycles. The second kappa shape index (κ2) is 5.63. The van der Waals surface area contributed by atoms with Crippen LogP contribution in [0.2, 0.25) is 0 Å². The van der Waals surface area contributed by atoms with Gasteiger partial charge >= 0.3 is 5.97 Å². The number of fused-ring (bicyclic) bond motifs is 1. The largest absolute Gasteiger partial charge is 0.481 e. The second-order valence-corrected chi connectivity index (χ2v) is 5.40. The summed E-state index contributed by atoms with van der Waals surface area (Å²) in [5, 5.41) is 9.50. The first-order valence-electron chi connectivity index (χ1n) is 7.01. The summed E-state index contributed by atoms with van der Waals surface area (Å²) >= 11 is 0. The molecule has 6 heteroatoms. The highest BCUT2D eigenvalue weighted by molar-refractivity contribution is 5.78. The Balaban J connectivity index is 1.73. The van der Waals surface area contributed by atoms with Gasteiger partial charge in [0.25, 0.3) is 0 Å². The Bertz CT molecular complexity index is 669. The van der Waals surface area contributed by atoms with Crippen LogP contribution in [-0.4, -0.2) is 34.1 Å². The maximum Gasteiger partial charge on any atom is 0.303 e. The Morgan fingerprint density at radius 1 is 1.38 bits per heavy atom.